The van der Waals surface area contributed by atoms with Gasteiger partial charge in [0.2, 0.25) is 0 Å². The van der Waals surface area contributed by atoms with Crippen LogP contribution in [0.4, 0.5) is 0 Å². The topological polar surface area (TPSA) is 75.6 Å². The lowest BCUT2D eigenvalue weighted by Gasteiger charge is -2.13. The van der Waals surface area contributed by atoms with Crippen LogP contribution in [0.25, 0.3) is 0 Å². The molecule has 0 spiro atoms. The largest absolute Gasteiger partial charge is 0.391 e. The van der Waals surface area contributed by atoms with Gasteiger partial charge < -0.3 is 15.2 Å². The van der Waals surface area contributed by atoms with Crippen LogP contribution >= 0.6 is 0 Å². The minimum atomic E-state index is -3.17. The van der Waals surface area contributed by atoms with Crippen LogP contribution < -0.4 is 5.32 Å². The zero-order valence-corrected chi connectivity index (χ0v) is 11.8. The van der Waals surface area contributed by atoms with Gasteiger partial charge in [0.15, 0.2) is 9.84 Å². The number of hydrogen-bond donors (Lipinski definition) is 2. The van der Waals surface area contributed by atoms with Crippen LogP contribution in [-0.2, 0) is 14.6 Å². The molecule has 0 aliphatic carbocycles. The first-order valence-corrected chi connectivity index (χ1v) is 7.77. The Hall–Kier alpha value is -0.170. The number of sulfone groups is 1. The van der Waals surface area contributed by atoms with E-state index >= 15 is 0 Å². The first-order chi connectivity index (χ1) is 7.87. The molecule has 2 N–H and O–H groups in total. The average molecular weight is 267 g/mol. The summed E-state index contributed by atoms with van der Waals surface area (Å²) >= 11 is 0. The molecule has 0 amide bonds. The van der Waals surface area contributed by atoms with Crippen LogP contribution in [0.2, 0.25) is 0 Å². The predicted octanol–water partition coefficient (Wildman–Crippen LogP) is 0.0442. The Morgan fingerprint density at radius 1 is 1.29 bits per heavy atom. The molecule has 0 saturated heterocycles. The number of nitrogens with one attached hydrogen (secondary N) is 1. The van der Waals surface area contributed by atoms with Crippen molar-refractivity contribution >= 4 is 9.84 Å². The second kappa shape index (κ2) is 8.85. The number of methoxy groups -OCH3 is 1. The highest BCUT2D eigenvalue weighted by atomic mass is 32.2. The van der Waals surface area contributed by atoms with Gasteiger partial charge in [-0.15, -0.1) is 0 Å². The molecule has 0 heterocycles. The van der Waals surface area contributed by atoms with E-state index < -0.39 is 15.9 Å². The quantitative estimate of drug-likeness (QED) is 0.547. The average Bonchev–Trinajstić information content (AvgIpc) is 2.16. The molecule has 0 aliphatic rings. The van der Waals surface area contributed by atoms with E-state index in [0.717, 1.165) is 6.54 Å². The fourth-order valence-electron chi connectivity index (χ4n) is 1.40. The van der Waals surface area contributed by atoms with Crippen molar-refractivity contribution in [3.63, 3.8) is 0 Å². The molecule has 0 aromatic rings. The first-order valence-electron chi connectivity index (χ1n) is 5.95. The Morgan fingerprint density at radius 3 is 2.47 bits per heavy atom. The highest BCUT2D eigenvalue weighted by molar-refractivity contribution is 7.91. The minimum absolute atomic E-state index is 0.0715. The highest BCUT2D eigenvalue weighted by Gasteiger charge is 2.16. The fraction of sp³-hybridized carbons (Fsp3) is 1.00. The predicted molar refractivity (Wildman–Crippen MR) is 68.9 cm³/mol. The summed E-state index contributed by atoms with van der Waals surface area (Å²) in [5.41, 5.74) is 0. The van der Waals surface area contributed by atoms with Crippen LogP contribution in [0.5, 0.6) is 0 Å². The lowest BCUT2D eigenvalue weighted by atomic mass is 10.2. The molecular weight excluding hydrogens is 242 g/mol. The number of aliphatic hydroxyl groups is 1. The summed E-state index contributed by atoms with van der Waals surface area (Å²) in [5, 5.41) is 12.6. The van der Waals surface area contributed by atoms with E-state index in [1.807, 2.05) is 0 Å². The molecule has 1 atom stereocenters. The van der Waals surface area contributed by atoms with Crippen molar-refractivity contribution in [1.29, 1.82) is 0 Å². The van der Waals surface area contributed by atoms with Crippen molar-refractivity contribution < 1.29 is 18.3 Å². The summed E-state index contributed by atoms with van der Waals surface area (Å²) in [4.78, 5) is 0. The van der Waals surface area contributed by atoms with E-state index in [0.29, 0.717) is 25.5 Å². The van der Waals surface area contributed by atoms with Crippen molar-refractivity contribution in [2.24, 2.45) is 5.92 Å². The molecule has 6 heteroatoms. The third-order valence-corrected chi connectivity index (χ3v) is 3.99. The smallest absolute Gasteiger partial charge is 0.152 e. The maximum atomic E-state index is 11.6. The first kappa shape index (κ1) is 16.8. The summed E-state index contributed by atoms with van der Waals surface area (Å²) in [5.74, 6) is 0.379. The van der Waals surface area contributed by atoms with E-state index in [1.54, 1.807) is 0 Å². The van der Waals surface area contributed by atoms with Gasteiger partial charge in [-0.25, -0.2) is 8.42 Å². The Balaban J connectivity index is 3.80. The number of rotatable bonds is 10. The zero-order chi connectivity index (χ0) is 13.3. The van der Waals surface area contributed by atoms with Crippen LogP contribution in [0.3, 0.4) is 0 Å². The molecular formula is C11H25NO4S. The van der Waals surface area contributed by atoms with Gasteiger partial charge in [0.05, 0.1) is 17.6 Å². The SMILES string of the molecule is COCCCS(=O)(=O)CC(O)CNCC(C)C. The van der Waals surface area contributed by atoms with Crippen molar-refractivity contribution in [2.75, 3.05) is 38.3 Å². The zero-order valence-electron chi connectivity index (χ0n) is 11.0. The molecule has 5 nitrogen and oxygen atoms in total. The van der Waals surface area contributed by atoms with Crippen molar-refractivity contribution in [3.05, 3.63) is 0 Å². The van der Waals surface area contributed by atoms with Crippen LogP contribution in [-0.4, -0.2) is 57.9 Å². The third-order valence-electron chi connectivity index (χ3n) is 2.18. The molecule has 0 bridgehead atoms. The summed E-state index contributed by atoms with van der Waals surface area (Å²) in [7, 11) is -1.63. The summed E-state index contributed by atoms with van der Waals surface area (Å²) in [6.45, 7) is 5.64. The monoisotopic (exact) mass is 267 g/mol. The molecule has 1 unspecified atom stereocenters. The minimum Gasteiger partial charge on any atom is -0.391 e. The van der Waals surface area contributed by atoms with E-state index in [4.69, 9.17) is 4.74 Å². The van der Waals surface area contributed by atoms with Gasteiger partial charge in [-0.3, -0.25) is 0 Å². The standard InChI is InChI=1S/C11H25NO4S/c1-10(2)7-12-8-11(13)9-17(14,15)6-4-5-16-3/h10-13H,4-9H2,1-3H3. The summed E-state index contributed by atoms with van der Waals surface area (Å²) in [6, 6.07) is 0. The molecule has 0 rings (SSSR count). The maximum Gasteiger partial charge on any atom is 0.152 e. The second-order valence-corrected chi connectivity index (χ2v) is 6.90. The molecule has 0 fully saturated rings. The van der Waals surface area contributed by atoms with E-state index in [9.17, 15) is 13.5 Å². The van der Waals surface area contributed by atoms with Gasteiger partial charge >= 0.3 is 0 Å². The van der Waals surface area contributed by atoms with Gasteiger partial charge in [-0.1, -0.05) is 13.8 Å². The Bertz CT molecular complexity index is 277. The van der Waals surface area contributed by atoms with E-state index in [-0.39, 0.29) is 11.5 Å². The Labute approximate surface area is 104 Å². The maximum absolute atomic E-state index is 11.6. The molecule has 0 radical (unpaired) electrons. The Morgan fingerprint density at radius 2 is 1.94 bits per heavy atom. The number of hydrogen-bond acceptors (Lipinski definition) is 5. The number of aliphatic hydroxyl groups excluding tert-OH is 1. The van der Waals surface area contributed by atoms with Gasteiger partial charge in [-0.05, 0) is 18.9 Å². The molecule has 0 aromatic heterocycles. The van der Waals surface area contributed by atoms with E-state index in [2.05, 4.69) is 19.2 Å². The van der Waals surface area contributed by atoms with Gasteiger partial charge in [0.1, 0.15) is 0 Å². The van der Waals surface area contributed by atoms with Crippen LogP contribution in [0.1, 0.15) is 20.3 Å². The lowest BCUT2D eigenvalue weighted by molar-refractivity contribution is 0.191. The highest BCUT2D eigenvalue weighted by Crippen LogP contribution is 1.98. The Kier molecular flexibility index (Phi) is 8.77. The lowest BCUT2D eigenvalue weighted by Crippen LogP contribution is -2.35. The summed E-state index contributed by atoms with van der Waals surface area (Å²) < 4.78 is 27.9. The van der Waals surface area contributed by atoms with Gasteiger partial charge in [0.25, 0.3) is 0 Å². The second-order valence-electron chi connectivity index (χ2n) is 4.67. The molecule has 0 aromatic carbocycles. The van der Waals surface area contributed by atoms with E-state index in [1.165, 1.54) is 7.11 Å². The molecule has 104 valence electrons. The number of ether oxygens (including phenoxy) is 1. The fourth-order valence-corrected chi connectivity index (χ4v) is 2.83. The molecule has 0 saturated carbocycles. The van der Waals surface area contributed by atoms with Crippen LogP contribution in [0.15, 0.2) is 0 Å². The van der Waals surface area contributed by atoms with Crippen LogP contribution in [0, 0.1) is 5.92 Å². The third kappa shape index (κ3) is 10.7. The van der Waals surface area contributed by atoms with Gasteiger partial charge in [0, 0.05) is 20.3 Å². The van der Waals surface area contributed by atoms with Crippen molar-refractivity contribution in [2.45, 2.75) is 26.4 Å². The normalized spacial score (nSPS) is 14.2. The van der Waals surface area contributed by atoms with Crippen molar-refractivity contribution in [3.8, 4) is 0 Å². The summed E-state index contributed by atoms with van der Waals surface area (Å²) in [6.07, 6.45) is -0.355. The molecule has 17 heavy (non-hydrogen) atoms. The van der Waals surface area contributed by atoms with Gasteiger partial charge in [-0.2, -0.15) is 0 Å². The molecule has 0 aliphatic heterocycles. The van der Waals surface area contributed by atoms with Crippen molar-refractivity contribution in [1.82, 2.24) is 5.32 Å².